The Morgan fingerprint density at radius 3 is 2.75 bits per heavy atom. The van der Waals surface area contributed by atoms with Gasteiger partial charge in [-0.3, -0.25) is 4.99 Å². The van der Waals surface area contributed by atoms with Crippen molar-refractivity contribution in [3.63, 3.8) is 0 Å². The van der Waals surface area contributed by atoms with Gasteiger partial charge in [-0.25, -0.2) is 4.98 Å². The van der Waals surface area contributed by atoms with Gasteiger partial charge in [-0.05, 0) is 51.2 Å². The van der Waals surface area contributed by atoms with Crippen molar-refractivity contribution in [1.82, 2.24) is 20.5 Å². The predicted molar refractivity (Wildman–Crippen MR) is 115 cm³/mol. The molecule has 24 heavy (non-hydrogen) atoms. The van der Waals surface area contributed by atoms with Crippen molar-refractivity contribution < 1.29 is 0 Å². The molecule has 1 aromatic rings. The van der Waals surface area contributed by atoms with Gasteiger partial charge in [0.15, 0.2) is 5.96 Å². The van der Waals surface area contributed by atoms with E-state index in [9.17, 15) is 0 Å². The minimum Gasteiger partial charge on any atom is -0.356 e. The third-order valence-electron chi connectivity index (χ3n) is 4.40. The lowest BCUT2D eigenvalue weighted by molar-refractivity contribution is 0.191. The molecular formula is C17H32IN5S. The molecule has 1 aliphatic heterocycles. The van der Waals surface area contributed by atoms with E-state index in [4.69, 9.17) is 0 Å². The fourth-order valence-corrected chi connectivity index (χ4v) is 3.57. The topological polar surface area (TPSA) is 52.6 Å². The molecule has 1 aliphatic rings. The molecular weight excluding hydrogens is 433 g/mol. The summed E-state index contributed by atoms with van der Waals surface area (Å²) in [5.74, 6) is 1.78. The Labute approximate surface area is 167 Å². The van der Waals surface area contributed by atoms with Gasteiger partial charge in [-0.2, -0.15) is 0 Å². The smallest absolute Gasteiger partial charge is 0.191 e. The van der Waals surface area contributed by atoms with Gasteiger partial charge >= 0.3 is 0 Å². The van der Waals surface area contributed by atoms with Crippen LogP contribution in [0.5, 0.6) is 0 Å². The van der Waals surface area contributed by atoms with Crippen LogP contribution in [0.3, 0.4) is 0 Å². The highest BCUT2D eigenvalue weighted by molar-refractivity contribution is 14.0. The standard InChI is InChI=1S/C17H31N5S.HI/c1-4-15-12-20-16(23-15)13-21-17(18-3)19-8-5-9-22-10-6-14(2)7-11-22;/h12,14H,4-11,13H2,1-3H3,(H2,18,19,21);1H. The highest BCUT2D eigenvalue weighted by atomic mass is 127. The lowest BCUT2D eigenvalue weighted by Crippen LogP contribution is -2.39. The van der Waals surface area contributed by atoms with Crippen LogP contribution < -0.4 is 10.6 Å². The molecule has 0 aromatic carbocycles. The first kappa shape index (κ1) is 21.6. The van der Waals surface area contributed by atoms with Gasteiger partial charge in [0.1, 0.15) is 5.01 Å². The number of hydrogen-bond donors (Lipinski definition) is 2. The van der Waals surface area contributed by atoms with Crippen molar-refractivity contribution >= 4 is 41.3 Å². The Bertz CT molecular complexity index is 483. The molecule has 1 saturated heterocycles. The number of hydrogen-bond acceptors (Lipinski definition) is 4. The van der Waals surface area contributed by atoms with E-state index in [2.05, 4.69) is 39.4 Å². The minimum atomic E-state index is 0. The van der Waals surface area contributed by atoms with Crippen LogP contribution in [0.1, 0.15) is 43.0 Å². The third kappa shape index (κ3) is 7.65. The van der Waals surface area contributed by atoms with Gasteiger partial charge in [-0.15, -0.1) is 35.3 Å². The number of halogens is 1. The second-order valence-electron chi connectivity index (χ2n) is 6.30. The molecule has 1 aromatic heterocycles. The molecule has 5 nitrogen and oxygen atoms in total. The minimum absolute atomic E-state index is 0. The van der Waals surface area contributed by atoms with E-state index in [0.717, 1.165) is 42.8 Å². The monoisotopic (exact) mass is 465 g/mol. The first-order chi connectivity index (χ1) is 11.2. The van der Waals surface area contributed by atoms with E-state index in [0.29, 0.717) is 0 Å². The van der Waals surface area contributed by atoms with Crippen LogP contribution in [0.25, 0.3) is 0 Å². The maximum absolute atomic E-state index is 4.42. The van der Waals surface area contributed by atoms with Crippen molar-refractivity contribution in [1.29, 1.82) is 0 Å². The van der Waals surface area contributed by atoms with E-state index in [1.54, 1.807) is 11.3 Å². The molecule has 1 fully saturated rings. The van der Waals surface area contributed by atoms with Crippen LogP contribution in [0.2, 0.25) is 0 Å². The fraction of sp³-hybridized carbons (Fsp3) is 0.765. The molecule has 2 N–H and O–H groups in total. The number of rotatable bonds is 7. The molecule has 0 aliphatic carbocycles. The number of aliphatic imine (C=N–C) groups is 1. The third-order valence-corrected chi connectivity index (χ3v) is 5.54. The summed E-state index contributed by atoms with van der Waals surface area (Å²) in [7, 11) is 1.82. The highest BCUT2D eigenvalue weighted by Crippen LogP contribution is 2.15. The molecule has 2 rings (SSSR count). The summed E-state index contributed by atoms with van der Waals surface area (Å²) in [5, 5.41) is 7.86. The number of nitrogens with one attached hydrogen (secondary N) is 2. The quantitative estimate of drug-likeness (QED) is 0.281. The number of aromatic nitrogens is 1. The Balaban J connectivity index is 0.00000288. The Hall–Kier alpha value is -0.410. The molecule has 0 saturated carbocycles. The number of guanidine groups is 1. The number of thiazole rings is 1. The van der Waals surface area contributed by atoms with Gasteiger partial charge in [0, 0.05) is 24.7 Å². The molecule has 0 amide bonds. The van der Waals surface area contributed by atoms with E-state index in [1.165, 1.54) is 37.4 Å². The lowest BCUT2D eigenvalue weighted by Gasteiger charge is -2.30. The molecule has 0 atom stereocenters. The molecule has 138 valence electrons. The zero-order chi connectivity index (χ0) is 16.5. The van der Waals surface area contributed by atoms with Crippen molar-refractivity contribution in [3.8, 4) is 0 Å². The Morgan fingerprint density at radius 2 is 2.12 bits per heavy atom. The molecule has 0 bridgehead atoms. The predicted octanol–water partition coefficient (Wildman–Crippen LogP) is 3.11. The number of piperidine rings is 1. The molecule has 0 spiro atoms. The largest absolute Gasteiger partial charge is 0.356 e. The maximum Gasteiger partial charge on any atom is 0.191 e. The summed E-state index contributed by atoms with van der Waals surface area (Å²) in [5.41, 5.74) is 0. The van der Waals surface area contributed by atoms with Gasteiger partial charge in [0.05, 0.1) is 6.54 Å². The highest BCUT2D eigenvalue weighted by Gasteiger charge is 2.14. The molecule has 7 heteroatoms. The summed E-state index contributed by atoms with van der Waals surface area (Å²) in [6.07, 6.45) is 6.89. The van der Waals surface area contributed by atoms with E-state index in [-0.39, 0.29) is 24.0 Å². The second kappa shape index (κ2) is 12.0. The second-order valence-corrected chi connectivity index (χ2v) is 7.50. The van der Waals surface area contributed by atoms with Crippen LogP contribution in [-0.4, -0.2) is 49.1 Å². The Kier molecular flexibility index (Phi) is 10.8. The average molecular weight is 465 g/mol. The van der Waals surface area contributed by atoms with Crippen molar-refractivity contribution in [2.75, 3.05) is 33.2 Å². The molecule has 2 heterocycles. The van der Waals surface area contributed by atoms with Crippen molar-refractivity contribution in [2.45, 2.75) is 46.1 Å². The normalized spacial score (nSPS) is 16.7. The van der Waals surface area contributed by atoms with Crippen LogP contribution in [0.4, 0.5) is 0 Å². The Morgan fingerprint density at radius 1 is 1.38 bits per heavy atom. The number of likely N-dealkylation sites (tertiary alicyclic amines) is 1. The summed E-state index contributed by atoms with van der Waals surface area (Å²) >= 11 is 1.77. The van der Waals surface area contributed by atoms with Crippen LogP contribution >= 0.6 is 35.3 Å². The average Bonchev–Trinajstić information content (AvgIpc) is 3.04. The van der Waals surface area contributed by atoms with E-state index < -0.39 is 0 Å². The number of nitrogens with zero attached hydrogens (tertiary/aromatic N) is 3. The van der Waals surface area contributed by atoms with Crippen LogP contribution in [0, 0.1) is 5.92 Å². The van der Waals surface area contributed by atoms with Crippen molar-refractivity contribution in [3.05, 3.63) is 16.1 Å². The summed E-state index contributed by atoms with van der Waals surface area (Å²) < 4.78 is 0. The van der Waals surface area contributed by atoms with Gasteiger partial charge in [0.2, 0.25) is 0 Å². The van der Waals surface area contributed by atoms with E-state index in [1.807, 2.05) is 13.2 Å². The SMILES string of the molecule is CCc1cnc(CNC(=NC)NCCCN2CCC(C)CC2)s1.I. The van der Waals surface area contributed by atoms with E-state index >= 15 is 0 Å². The summed E-state index contributed by atoms with van der Waals surface area (Å²) in [6, 6.07) is 0. The first-order valence-corrected chi connectivity index (χ1v) is 9.63. The molecule has 0 unspecified atom stereocenters. The zero-order valence-corrected chi connectivity index (χ0v) is 18.3. The van der Waals surface area contributed by atoms with Crippen LogP contribution in [0.15, 0.2) is 11.2 Å². The molecule has 0 radical (unpaired) electrons. The zero-order valence-electron chi connectivity index (χ0n) is 15.2. The first-order valence-electron chi connectivity index (χ1n) is 8.81. The van der Waals surface area contributed by atoms with Gasteiger partial charge in [0.25, 0.3) is 0 Å². The fourth-order valence-electron chi connectivity index (χ4n) is 2.77. The summed E-state index contributed by atoms with van der Waals surface area (Å²) in [6.45, 7) is 9.94. The van der Waals surface area contributed by atoms with Gasteiger partial charge in [-0.1, -0.05) is 13.8 Å². The van der Waals surface area contributed by atoms with Crippen LogP contribution in [-0.2, 0) is 13.0 Å². The maximum atomic E-state index is 4.42. The summed E-state index contributed by atoms with van der Waals surface area (Å²) in [4.78, 5) is 12.6. The lowest BCUT2D eigenvalue weighted by atomic mass is 9.99. The van der Waals surface area contributed by atoms with Crippen molar-refractivity contribution in [2.24, 2.45) is 10.9 Å². The van der Waals surface area contributed by atoms with Gasteiger partial charge < -0.3 is 15.5 Å². The number of aryl methyl sites for hydroxylation is 1.